The minimum absolute atomic E-state index is 0.0612. The highest BCUT2D eigenvalue weighted by Crippen LogP contribution is 2.37. The summed E-state index contributed by atoms with van der Waals surface area (Å²) in [6, 6.07) is 5.42. The van der Waals surface area contributed by atoms with E-state index < -0.39 is 5.51 Å². The van der Waals surface area contributed by atoms with E-state index in [1.807, 2.05) is 0 Å². The molecule has 0 atom stereocenters. The normalized spacial score (nSPS) is 11.4. The van der Waals surface area contributed by atoms with Crippen LogP contribution in [0.3, 0.4) is 0 Å². The highest BCUT2D eigenvalue weighted by atomic mass is 32.2. The highest BCUT2D eigenvalue weighted by molar-refractivity contribution is 8.00. The van der Waals surface area contributed by atoms with Crippen molar-refractivity contribution in [2.75, 3.05) is 5.32 Å². The number of thioether (sulfide) groups is 1. The molecule has 1 aromatic heterocycles. The first-order valence-corrected chi connectivity index (χ1v) is 6.90. The highest BCUT2D eigenvalue weighted by Gasteiger charge is 2.29. The number of halogens is 3. The zero-order valence-electron chi connectivity index (χ0n) is 10.1. The Morgan fingerprint density at radius 2 is 1.95 bits per heavy atom. The van der Waals surface area contributed by atoms with Gasteiger partial charge in [0, 0.05) is 10.6 Å². The minimum atomic E-state index is -4.32. The predicted octanol–water partition coefficient (Wildman–Crippen LogP) is 3.71. The van der Waals surface area contributed by atoms with E-state index in [2.05, 4.69) is 14.9 Å². The third-order valence-corrected chi connectivity index (χ3v) is 3.77. The number of rotatable bonds is 3. The van der Waals surface area contributed by atoms with Crippen LogP contribution in [-0.2, 0) is 0 Å². The summed E-state index contributed by atoms with van der Waals surface area (Å²) in [4.78, 5) is 12.3. The molecule has 1 N–H and O–H groups in total. The lowest BCUT2D eigenvalue weighted by Gasteiger charge is -2.07. The fourth-order valence-electron chi connectivity index (χ4n) is 1.37. The maximum absolute atomic E-state index is 12.2. The number of hydrogen-bond donors (Lipinski definition) is 1. The zero-order valence-corrected chi connectivity index (χ0v) is 11.7. The fraction of sp³-hybridized carbons (Fsp3) is 0.182. The quantitative estimate of drug-likeness (QED) is 0.876. The van der Waals surface area contributed by atoms with E-state index >= 15 is 0 Å². The summed E-state index contributed by atoms with van der Waals surface area (Å²) in [5.74, 6) is -0.381. The Morgan fingerprint density at radius 1 is 1.30 bits per heavy atom. The van der Waals surface area contributed by atoms with Gasteiger partial charge in [-0.15, -0.1) is 5.10 Å². The molecule has 0 aliphatic rings. The summed E-state index contributed by atoms with van der Waals surface area (Å²) in [5, 5.41) is 6.29. The minimum Gasteiger partial charge on any atom is -0.321 e. The van der Waals surface area contributed by atoms with Gasteiger partial charge in [0.2, 0.25) is 0 Å². The van der Waals surface area contributed by atoms with Gasteiger partial charge in [0.05, 0.1) is 5.69 Å². The van der Waals surface area contributed by atoms with Gasteiger partial charge in [-0.1, -0.05) is 4.49 Å². The van der Waals surface area contributed by atoms with E-state index in [1.165, 1.54) is 24.3 Å². The van der Waals surface area contributed by atoms with Crippen LogP contribution in [0.15, 0.2) is 29.2 Å². The number of nitrogens with zero attached hydrogens (tertiary/aromatic N) is 2. The Balaban J connectivity index is 2.04. The molecule has 0 bridgehead atoms. The van der Waals surface area contributed by atoms with Crippen molar-refractivity contribution in [2.45, 2.75) is 17.3 Å². The number of amides is 1. The lowest BCUT2D eigenvalue weighted by Crippen LogP contribution is -2.11. The maximum atomic E-state index is 12.2. The van der Waals surface area contributed by atoms with Crippen molar-refractivity contribution in [1.82, 2.24) is 9.59 Å². The van der Waals surface area contributed by atoms with E-state index in [0.717, 1.165) is 11.5 Å². The molecule has 0 aliphatic carbocycles. The molecule has 0 spiro atoms. The van der Waals surface area contributed by atoms with Crippen LogP contribution in [0.1, 0.15) is 15.4 Å². The Bertz CT molecular complexity index is 610. The van der Waals surface area contributed by atoms with Crippen molar-refractivity contribution in [3.05, 3.63) is 34.8 Å². The molecule has 0 radical (unpaired) electrons. The maximum Gasteiger partial charge on any atom is 0.446 e. The van der Waals surface area contributed by atoms with Gasteiger partial charge in [0.25, 0.3) is 5.91 Å². The first-order valence-electron chi connectivity index (χ1n) is 5.31. The molecule has 9 heteroatoms. The molecule has 2 aromatic rings. The average molecular weight is 319 g/mol. The lowest BCUT2D eigenvalue weighted by molar-refractivity contribution is -0.0328. The molecule has 0 saturated carbocycles. The van der Waals surface area contributed by atoms with Gasteiger partial charge in [-0.25, -0.2) is 0 Å². The molecule has 20 heavy (non-hydrogen) atoms. The number of benzene rings is 1. The summed E-state index contributed by atoms with van der Waals surface area (Å²) < 4.78 is 40.1. The van der Waals surface area contributed by atoms with Crippen molar-refractivity contribution in [3.63, 3.8) is 0 Å². The van der Waals surface area contributed by atoms with E-state index in [9.17, 15) is 18.0 Å². The van der Waals surface area contributed by atoms with Crippen molar-refractivity contribution in [3.8, 4) is 0 Å². The molecule has 0 unspecified atom stereocenters. The van der Waals surface area contributed by atoms with Crippen LogP contribution in [0.2, 0.25) is 0 Å². The Hall–Kier alpha value is -1.61. The van der Waals surface area contributed by atoms with Gasteiger partial charge in [-0.2, -0.15) is 13.2 Å². The molecule has 1 aromatic carbocycles. The summed E-state index contributed by atoms with van der Waals surface area (Å²) in [5.41, 5.74) is -3.40. The van der Waals surface area contributed by atoms with E-state index in [-0.39, 0.29) is 22.6 Å². The number of alkyl halides is 3. The van der Waals surface area contributed by atoms with Crippen LogP contribution in [0.25, 0.3) is 0 Å². The van der Waals surface area contributed by atoms with Crippen LogP contribution in [0.4, 0.5) is 18.9 Å². The Labute approximate surface area is 120 Å². The summed E-state index contributed by atoms with van der Waals surface area (Å²) >= 11 is 0.760. The number of hydrogen-bond acceptors (Lipinski definition) is 5. The average Bonchev–Trinajstić information content (AvgIpc) is 2.76. The first-order chi connectivity index (χ1) is 9.35. The van der Waals surface area contributed by atoms with Crippen LogP contribution in [-0.4, -0.2) is 21.0 Å². The Morgan fingerprint density at radius 3 is 2.45 bits per heavy atom. The third-order valence-electron chi connectivity index (χ3n) is 2.20. The number of aromatic nitrogens is 2. The van der Waals surface area contributed by atoms with Crippen LogP contribution >= 0.6 is 23.3 Å². The molecular weight excluding hydrogens is 311 g/mol. The van der Waals surface area contributed by atoms with Crippen molar-refractivity contribution in [2.24, 2.45) is 0 Å². The third kappa shape index (κ3) is 3.94. The van der Waals surface area contributed by atoms with Gasteiger partial charge >= 0.3 is 5.51 Å². The van der Waals surface area contributed by atoms with Crippen molar-refractivity contribution < 1.29 is 18.0 Å². The second-order valence-electron chi connectivity index (χ2n) is 3.71. The SMILES string of the molecule is Cc1nnsc1C(=O)Nc1ccc(SC(F)(F)F)cc1. The smallest absolute Gasteiger partial charge is 0.321 e. The number of carbonyl (C=O) groups excluding carboxylic acids is 1. The lowest BCUT2D eigenvalue weighted by atomic mass is 10.3. The molecule has 0 fully saturated rings. The van der Waals surface area contributed by atoms with Crippen LogP contribution in [0, 0.1) is 6.92 Å². The summed E-state index contributed by atoms with van der Waals surface area (Å²) in [7, 11) is 0. The van der Waals surface area contributed by atoms with E-state index in [1.54, 1.807) is 6.92 Å². The second-order valence-corrected chi connectivity index (χ2v) is 5.61. The predicted molar refractivity (Wildman–Crippen MR) is 71.0 cm³/mol. The van der Waals surface area contributed by atoms with Gasteiger partial charge in [0.1, 0.15) is 4.88 Å². The number of carbonyl (C=O) groups is 1. The van der Waals surface area contributed by atoms with E-state index in [0.29, 0.717) is 16.3 Å². The summed E-state index contributed by atoms with van der Waals surface area (Å²) in [6.45, 7) is 1.65. The monoisotopic (exact) mass is 319 g/mol. The molecule has 1 heterocycles. The fourth-order valence-corrected chi connectivity index (χ4v) is 2.46. The van der Waals surface area contributed by atoms with Crippen LogP contribution < -0.4 is 5.32 Å². The first kappa shape index (κ1) is 14.8. The molecule has 0 saturated heterocycles. The molecule has 2 rings (SSSR count). The summed E-state index contributed by atoms with van der Waals surface area (Å²) in [6.07, 6.45) is 0. The van der Waals surface area contributed by atoms with E-state index in [4.69, 9.17) is 0 Å². The second kappa shape index (κ2) is 5.80. The van der Waals surface area contributed by atoms with Gasteiger partial charge in [0.15, 0.2) is 0 Å². The van der Waals surface area contributed by atoms with Crippen molar-refractivity contribution in [1.29, 1.82) is 0 Å². The standard InChI is InChI=1S/C11H8F3N3OS2/c1-6-9(20-17-16-6)10(18)15-7-2-4-8(5-3-7)19-11(12,13)14/h2-5H,1H3,(H,15,18). The van der Waals surface area contributed by atoms with Gasteiger partial charge < -0.3 is 5.32 Å². The topological polar surface area (TPSA) is 54.9 Å². The van der Waals surface area contributed by atoms with Gasteiger partial charge in [-0.05, 0) is 54.5 Å². The number of nitrogens with one attached hydrogen (secondary N) is 1. The number of anilines is 1. The molecule has 1 amide bonds. The molecule has 4 nitrogen and oxygen atoms in total. The molecular formula is C11H8F3N3OS2. The molecule has 0 aliphatic heterocycles. The van der Waals surface area contributed by atoms with Crippen molar-refractivity contribution >= 4 is 34.9 Å². The largest absolute Gasteiger partial charge is 0.446 e. The molecule has 106 valence electrons. The van der Waals surface area contributed by atoms with Gasteiger partial charge in [-0.3, -0.25) is 4.79 Å². The Kier molecular flexibility index (Phi) is 4.29. The number of aryl methyl sites for hydroxylation is 1. The zero-order chi connectivity index (χ0) is 14.8. The van der Waals surface area contributed by atoms with Crippen LogP contribution in [0.5, 0.6) is 0 Å².